The number of nitrogens with zero attached hydrogens (tertiary/aromatic N) is 3. The summed E-state index contributed by atoms with van der Waals surface area (Å²) in [5.41, 5.74) is 2.75. The highest BCUT2D eigenvalue weighted by Gasteiger charge is 1.96. The predicted octanol–water partition coefficient (Wildman–Crippen LogP) is 0.696. The van der Waals surface area contributed by atoms with E-state index in [4.69, 9.17) is 10.00 Å². The molecule has 1 aromatic rings. The van der Waals surface area contributed by atoms with Crippen molar-refractivity contribution in [1.29, 1.82) is 5.26 Å². The molecule has 2 N–H and O–H groups in total. The van der Waals surface area contributed by atoms with Crippen molar-refractivity contribution in [2.45, 2.75) is 13.0 Å². The molecule has 92 valence electrons. The minimum absolute atomic E-state index is 0.479. The Morgan fingerprint density at radius 3 is 3.24 bits per heavy atom. The fourth-order valence-corrected chi connectivity index (χ4v) is 1.64. The van der Waals surface area contributed by atoms with Gasteiger partial charge in [0.2, 0.25) is 5.96 Å². The van der Waals surface area contributed by atoms with Crippen LogP contribution in [-0.4, -0.2) is 31.1 Å². The largest absolute Gasteiger partial charge is 0.375 e. The van der Waals surface area contributed by atoms with Crippen LogP contribution in [0.15, 0.2) is 15.9 Å². The van der Waals surface area contributed by atoms with Crippen molar-refractivity contribution in [3.63, 3.8) is 0 Å². The van der Waals surface area contributed by atoms with Crippen LogP contribution < -0.4 is 10.6 Å². The van der Waals surface area contributed by atoms with Crippen LogP contribution in [-0.2, 0) is 11.3 Å². The molecule has 7 heteroatoms. The summed E-state index contributed by atoms with van der Waals surface area (Å²) in [6, 6.07) is 0. The lowest BCUT2D eigenvalue weighted by Gasteiger charge is -2.06. The van der Waals surface area contributed by atoms with Gasteiger partial charge in [0.15, 0.2) is 6.19 Å². The third kappa shape index (κ3) is 5.85. The Labute approximate surface area is 104 Å². The molecular formula is C10H15N5OS. The standard InChI is InChI=1S/C10H15N5OS/c1-12-10(14-7-11)13-3-2-4-16-5-9-6-17-8-15-9/h6,8H,2-5H2,1H3,(H2,12,13,14). The number of guanidine groups is 1. The van der Waals surface area contributed by atoms with E-state index >= 15 is 0 Å². The van der Waals surface area contributed by atoms with Crippen molar-refractivity contribution in [1.82, 2.24) is 15.6 Å². The van der Waals surface area contributed by atoms with Gasteiger partial charge < -0.3 is 10.1 Å². The first-order valence-corrected chi connectivity index (χ1v) is 6.11. The lowest BCUT2D eigenvalue weighted by atomic mass is 10.4. The highest BCUT2D eigenvalue weighted by molar-refractivity contribution is 7.07. The Hall–Kier alpha value is -1.65. The number of aliphatic imine (C=N–C) groups is 1. The van der Waals surface area contributed by atoms with Crippen LogP contribution in [0, 0.1) is 11.5 Å². The van der Waals surface area contributed by atoms with Crippen molar-refractivity contribution < 1.29 is 4.74 Å². The summed E-state index contributed by atoms with van der Waals surface area (Å²) >= 11 is 1.56. The number of hydrogen-bond donors (Lipinski definition) is 2. The predicted molar refractivity (Wildman–Crippen MR) is 66.5 cm³/mol. The minimum Gasteiger partial charge on any atom is -0.375 e. The molecule has 0 atom stereocenters. The van der Waals surface area contributed by atoms with Crippen LogP contribution in [0.1, 0.15) is 12.1 Å². The van der Waals surface area contributed by atoms with Gasteiger partial charge in [0.25, 0.3) is 0 Å². The number of hydrogen-bond acceptors (Lipinski definition) is 5. The van der Waals surface area contributed by atoms with Crippen LogP contribution in [0.2, 0.25) is 0 Å². The van der Waals surface area contributed by atoms with Gasteiger partial charge in [-0.3, -0.25) is 10.3 Å². The van der Waals surface area contributed by atoms with E-state index in [1.807, 2.05) is 11.6 Å². The molecule has 1 aromatic heterocycles. The van der Waals surface area contributed by atoms with E-state index in [0.717, 1.165) is 12.1 Å². The first-order valence-electron chi connectivity index (χ1n) is 5.17. The fraction of sp³-hybridized carbons (Fsp3) is 0.500. The second-order valence-electron chi connectivity index (χ2n) is 3.12. The van der Waals surface area contributed by atoms with Crippen LogP contribution in [0.4, 0.5) is 0 Å². The van der Waals surface area contributed by atoms with Gasteiger partial charge in [-0.15, -0.1) is 11.3 Å². The van der Waals surface area contributed by atoms with Crippen LogP contribution in [0.3, 0.4) is 0 Å². The summed E-state index contributed by atoms with van der Waals surface area (Å²) in [6.45, 7) is 1.90. The Kier molecular flexibility index (Phi) is 6.70. The molecule has 0 bridgehead atoms. The van der Waals surface area contributed by atoms with Gasteiger partial charge in [-0.2, -0.15) is 5.26 Å². The summed E-state index contributed by atoms with van der Waals surface area (Å²) in [7, 11) is 1.62. The average molecular weight is 253 g/mol. The molecule has 0 unspecified atom stereocenters. The molecule has 0 aromatic carbocycles. The Bertz CT molecular complexity index is 371. The smallest absolute Gasteiger partial charge is 0.204 e. The maximum atomic E-state index is 8.40. The third-order valence-electron chi connectivity index (χ3n) is 1.89. The van der Waals surface area contributed by atoms with Gasteiger partial charge >= 0.3 is 0 Å². The van der Waals surface area contributed by atoms with E-state index in [2.05, 4.69) is 20.6 Å². The third-order valence-corrected chi connectivity index (χ3v) is 2.52. The zero-order chi connectivity index (χ0) is 12.3. The molecule has 1 rings (SSSR count). The molecule has 0 aliphatic rings. The number of aromatic nitrogens is 1. The van der Waals surface area contributed by atoms with Gasteiger partial charge in [0, 0.05) is 25.6 Å². The Balaban J connectivity index is 1.99. The first kappa shape index (κ1) is 13.4. The summed E-state index contributed by atoms with van der Waals surface area (Å²) < 4.78 is 5.43. The summed E-state index contributed by atoms with van der Waals surface area (Å²) in [6.07, 6.45) is 2.65. The highest BCUT2D eigenvalue weighted by Crippen LogP contribution is 2.02. The van der Waals surface area contributed by atoms with E-state index in [0.29, 0.717) is 25.7 Å². The lowest BCUT2D eigenvalue weighted by Crippen LogP contribution is -2.35. The molecule has 0 radical (unpaired) electrons. The second-order valence-corrected chi connectivity index (χ2v) is 3.84. The van der Waals surface area contributed by atoms with Crippen molar-refractivity contribution >= 4 is 17.3 Å². The van der Waals surface area contributed by atoms with Gasteiger partial charge in [-0.1, -0.05) is 0 Å². The maximum Gasteiger partial charge on any atom is 0.204 e. The van der Waals surface area contributed by atoms with Crippen molar-refractivity contribution in [3.05, 3.63) is 16.6 Å². The van der Waals surface area contributed by atoms with E-state index in [1.54, 1.807) is 23.9 Å². The lowest BCUT2D eigenvalue weighted by molar-refractivity contribution is 0.117. The number of thiazole rings is 1. The van der Waals surface area contributed by atoms with Crippen LogP contribution in [0.5, 0.6) is 0 Å². The average Bonchev–Trinajstić information content (AvgIpc) is 2.85. The zero-order valence-electron chi connectivity index (χ0n) is 9.64. The molecule has 0 aliphatic heterocycles. The van der Waals surface area contributed by atoms with E-state index < -0.39 is 0 Å². The molecule has 1 heterocycles. The molecular weight excluding hydrogens is 238 g/mol. The summed E-state index contributed by atoms with van der Waals surface area (Å²) in [5.74, 6) is 0.479. The van der Waals surface area contributed by atoms with Crippen molar-refractivity contribution in [3.8, 4) is 6.19 Å². The zero-order valence-corrected chi connectivity index (χ0v) is 10.5. The Morgan fingerprint density at radius 2 is 2.59 bits per heavy atom. The number of rotatable bonds is 6. The molecule has 0 saturated carbocycles. The van der Waals surface area contributed by atoms with Crippen LogP contribution in [0.25, 0.3) is 0 Å². The molecule has 0 saturated heterocycles. The maximum absolute atomic E-state index is 8.40. The van der Waals surface area contributed by atoms with Gasteiger partial charge in [0.05, 0.1) is 17.8 Å². The van der Waals surface area contributed by atoms with E-state index in [-0.39, 0.29) is 0 Å². The highest BCUT2D eigenvalue weighted by atomic mass is 32.1. The van der Waals surface area contributed by atoms with Gasteiger partial charge in [-0.05, 0) is 6.42 Å². The summed E-state index contributed by atoms with van der Waals surface area (Å²) in [5, 5.41) is 15.8. The van der Waals surface area contributed by atoms with E-state index in [1.165, 1.54) is 0 Å². The Morgan fingerprint density at radius 1 is 1.71 bits per heavy atom. The number of ether oxygens (including phenoxy) is 1. The molecule has 0 amide bonds. The van der Waals surface area contributed by atoms with Crippen molar-refractivity contribution in [2.24, 2.45) is 4.99 Å². The molecule has 0 aliphatic carbocycles. The molecule has 17 heavy (non-hydrogen) atoms. The molecule has 6 nitrogen and oxygen atoms in total. The second kappa shape index (κ2) is 8.50. The SMILES string of the molecule is CN=C(NC#N)NCCCOCc1cscn1. The fourth-order valence-electron chi connectivity index (χ4n) is 1.10. The summed E-state index contributed by atoms with van der Waals surface area (Å²) in [4.78, 5) is 7.97. The first-order chi connectivity index (χ1) is 8.36. The van der Waals surface area contributed by atoms with Crippen molar-refractivity contribution in [2.75, 3.05) is 20.2 Å². The topological polar surface area (TPSA) is 82.3 Å². The molecule has 0 spiro atoms. The monoisotopic (exact) mass is 253 g/mol. The van der Waals surface area contributed by atoms with Gasteiger partial charge in [-0.25, -0.2) is 4.98 Å². The van der Waals surface area contributed by atoms with E-state index in [9.17, 15) is 0 Å². The molecule has 0 fully saturated rings. The minimum atomic E-state index is 0.479. The number of nitrogens with one attached hydrogen (secondary N) is 2. The quantitative estimate of drug-likeness (QED) is 0.256. The normalized spacial score (nSPS) is 10.9. The van der Waals surface area contributed by atoms with Crippen LogP contribution >= 0.6 is 11.3 Å². The number of nitriles is 1. The van der Waals surface area contributed by atoms with Gasteiger partial charge in [0.1, 0.15) is 0 Å².